The smallest absolute Gasteiger partial charge is 0.200 e. The molecule has 7 N–H and O–H groups in total. The van der Waals surface area contributed by atoms with Gasteiger partial charge >= 0.3 is 0 Å². The summed E-state index contributed by atoms with van der Waals surface area (Å²) in [6, 6.07) is 0. The lowest BCUT2D eigenvalue weighted by Crippen LogP contribution is -2.04. The third-order valence-corrected chi connectivity index (χ3v) is 1.22. The van der Waals surface area contributed by atoms with Crippen LogP contribution >= 0.6 is 12.2 Å². The first kappa shape index (κ1) is 6.81. The fraction of sp³-hybridized carbons (Fsp3) is 0. The van der Waals surface area contributed by atoms with Gasteiger partial charge in [-0.25, -0.2) is 4.98 Å². The number of hydrogen-bond donors (Lipinski definition) is 4. The molecular weight excluding hydrogens is 155 g/mol. The number of nitrogen functional groups attached to an aromatic ring is 3. The predicted octanol–water partition coefficient (Wildman–Crippen LogP) is -0.114. The van der Waals surface area contributed by atoms with Crippen molar-refractivity contribution in [3.63, 3.8) is 0 Å². The van der Waals surface area contributed by atoms with Gasteiger partial charge in [-0.05, 0) is 12.2 Å². The van der Waals surface area contributed by atoms with Crippen LogP contribution in [0.2, 0.25) is 0 Å². The van der Waals surface area contributed by atoms with E-state index in [-0.39, 0.29) is 22.1 Å². The van der Waals surface area contributed by atoms with E-state index in [1.807, 2.05) is 0 Å². The Kier molecular flexibility index (Phi) is 1.46. The third-order valence-electron chi connectivity index (χ3n) is 1.03. The number of aromatic nitrogens is 2. The van der Waals surface area contributed by atoms with Gasteiger partial charge in [-0.15, -0.1) is 0 Å². The molecule has 54 valence electrons. The molecule has 0 aromatic carbocycles. The second kappa shape index (κ2) is 2.14. The molecule has 0 aliphatic carbocycles. The van der Waals surface area contributed by atoms with Gasteiger partial charge in [-0.2, -0.15) is 0 Å². The average molecular weight is 162 g/mol. The molecule has 0 atom stereocenters. The van der Waals surface area contributed by atoms with E-state index in [4.69, 9.17) is 17.2 Å². The van der Waals surface area contributed by atoms with Gasteiger partial charge in [0, 0.05) is 0 Å². The molecule has 1 heterocycles. The monoisotopic (exact) mass is 162 g/mol. The van der Waals surface area contributed by atoms with E-state index >= 15 is 0 Å². The van der Waals surface area contributed by atoms with E-state index in [1.54, 1.807) is 0 Å². The van der Waals surface area contributed by atoms with Crippen molar-refractivity contribution in [3.8, 4) is 0 Å². The quantitative estimate of drug-likeness (QED) is 0.314. The second-order valence-electron chi connectivity index (χ2n) is 1.75. The first-order valence-corrected chi connectivity index (χ1v) is 2.93. The van der Waals surface area contributed by atoms with Crippen LogP contribution in [-0.4, -0.2) is 9.97 Å². The van der Waals surface area contributed by atoms with Crippen LogP contribution in [0, 0.1) is 4.77 Å². The summed E-state index contributed by atoms with van der Waals surface area (Å²) in [6.07, 6.45) is 0. The summed E-state index contributed by atoms with van der Waals surface area (Å²) >= 11 is 4.66. The first-order chi connectivity index (χ1) is 4.61. The van der Waals surface area contributed by atoms with Crippen LogP contribution in [-0.2, 0) is 0 Å². The fourth-order valence-electron chi connectivity index (χ4n) is 0.518. The predicted molar refractivity (Wildman–Crippen MR) is 42.7 cm³/mol. The lowest BCUT2D eigenvalue weighted by Gasteiger charge is -2.00. The number of H-pyrrole nitrogens is 1. The minimum absolute atomic E-state index is 0.168. The molecule has 5 nitrogen and oxygen atoms in total. The molecule has 10 heavy (non-hydrogen) atoms. The standard InChI is InChI=1S/C4H7N5S/c5-1-2(6)8-4(10)9-3(1)7/h5H2,(H5,6,7,8,9,10)/i5+1,6+1,7+1,8+1,9+1. The molecule has 1 aromatic heterocycles. The van der Waals surface area contributed by atoms with Crippen molar-refractivity contribution in [1.82, 2.24) is 9.97 Å². The van der Waals surface area contributed by atoms with Gasteiger partial charge in [0.2, 0.25) is 0 Å². The maximum absolute atomic E-state index is 5.36. The highest BCUT2D eigenvalue weighted by Crippen LogP contribution is 2.15. The summed E-state index contributed by atoms with van der Waals surface area (Å²) < 4.78 is 0.240. The zero-order valence-electron chi connectivity index (χ0n) is 5.09. The molecular formula is C4H7N5S. The molecule has 0 saturated heterocycles. The Morgan fingerprint density at radius 1 is 1.30 bits per heavy atom. The van der Waals surface area contributed by atoms with E-state index in [0.717, 1.165) is 0 Å². The molecule has 0 saturated carbocycles. The van der Waals surface area contributed by atoms with E-state index in [2.05, 4.69) is 22.2 Å². The summed E-state index contributed by atoms with van der Waals surface area (Å²) in [7, 11) is 0. The maximum atomic E-state index is 5.36. The van der Waals surface area contributed by atoms with E-state index in [9.17, 15) is 0 Å². The summed E-state index contributed by atoms with van der Waals surface area (Å²) in [5.41, 5.74) is 16.3. The van der Waals surface area contributed by atoms with E-state index in [0.29, 0.717) is 0 Å². The van der Waals surface area contributed by atoms with E-state index in [1.165, 1.54) is 0 Å². The van der Waals surface area contributed by atoms with Gasteiger partial charge in [0.25, 0.3) is 0 Å². The highest BCUT2D eigenvalue weighted by atomic mass is 32.1. The SMILES string of the molecule is [15NH2]c1[15n]c(=S)[15nH]c([15NH2])c1[15NH2]. The van der Waals surface area contributed by atoms with Crippen LogP contribution < -0.4 is 17.2 Å². The van der Waals surface area contributed by atoms with Crippen LogP contribution in [0.3, 0.4) is 0 Å². The Morgan fingerprint density at radius 2 is 1.90 bits per heavy atom. The number of nitrogens with zero attached hydrogens (tertiary/aromatic N) is 1. The van der Waals surface area contributed by atoms with Gasteiger partial charge < -0.3 is 22.2 Å². The molecule has 0 amide bonds. The topological polar surface area (TPSA) is 107 Å². The fourth-order valence-corrected chi connectivity index (χ4v) is 0.726. The zero-order valence-corrected chi connectivity index (χ0v) is 5.90. The molecule has 0 unspecified atom stereocenters. The number of anilines is 3. The Hall–Kier alpha value is -1.30. The van der Waals surface area contributed by atoms with Gasteiger partial charge in [0.15, 0.2) is 10.6 Å². The van der Waals surface area contributed by atoms with Crippen molar-refractivity contribution in [2.45, 2.75) is 0 Å². The summed E-state index contributed by atoms with van der Waals surface area (Å²) in [5, 5.41) is 0. The summed E-state index contributed by atoms with van der Waals surface area (Å²) in [4.78, 5) is 6.22. The van der Waals surface area contributed by atoms with Crippen molar-refractivity contribution in [2.24, 2.45) is 0 Å². The lowest BCUT2D eigenvalue weighted by molar-refractivity contribution is 1.16. The summed E-state index contributed by atoms with van der Waals surface area (Å²) in [6.45, 7) is 0. The molecule has 6 heteroatoms. The highest BCUT2D eigenvalue weighted by molar-refractivity contribution is 7.71. The molecule has 0 bridgehead atoms. The number of hydrogen-bond acceptors (Lipinski definition) is 5. The van der Waals surface area contributed by atoms with Crippen LogP contribution in [0.25, 0.3) is 0 Å². The Balaban J connectivity index is 3.46. The van der Waals surface area contributed by atoms with Crippen molar-refractivity contribution in [2.75, 3.05) is 17.2 Å². The second-order valence-corrected chi connectivity index (χ2v) is 2.14. The number of nitrogens with two attached hydrogens (primary N) is 3. The number of aromatic amines is 1. The highest BCUT2D eigenvalue weighted by Gasteiger charge is 1.98. The van der Waals surface area contributed by atoms with Crippen molar-refractivity contribution < 1.29 is 0 Å². The largest absolute Gasteiger partial charge is 0.393 e. The molecule has 1 rings (SSSR count). The normalized spacial score (nSPS) is 9.60. The molecule has 1 aromatic rings. The molecule has 0 radical (unpaired) electrons. The van der Waals surface area contributed by atoms with Crippen LogP contribution in [0.1, 0.15) is 0 Å². The third kappa shape index (κ3) is 1.01. The number of nitrogens with one attached hydrogen (secondary N) is 1. The van der Waals surface area contributed by atoms with Crippen LogP contribution in [0.15, 0.2) is 0 Å². The van der Waals surface area contributed by atoms with Gasteiger partial charge in [-0.3, -0.25) is 0 Å². The van der Waals surface area contributed by atoms with E-state index < -0.39 is 0 Å². The molecule has 0 aliphatic rings. The minimum atomic E-state index is 0.168. The molecule has 0 aliphatic heterocycles. The zero-order chi connectivity index (χ0) is 7.72. The lowest BCUT2D eigenvalue weighted by atomic mass is 10.5. The summed E-state index contributed by atoms with van der Waals surface area (Å²) in [5.74, 6) is 0.429. The van der Waals surface area contributed by atoms with Crippen LogP contribution in [0.4, 0.5) is 17.3 Å². The van der Waals surface area contributed by atoms with Gasteiger partial charge in [0.1, 0.15) is 11.5 Å². The van der Waals surface area contributed by atoms with Gasteiger partial charge in [0.05, 0.1) is 0 Å². The van der Waals surface area contributed by atoms with Crippen molar-refractivity contribution in [1.29, 1.82) is 0 Å². The van der Waals surface area contributed by atoms with Crippen molar-refractivity contribution >= 4 is 29.5 Å². The first-order valence-electron chi connectivity index (χ1n) is 2.52. The Labute approximate surface area is 62.2 Å². The Morgan fingerprint density at radius 3 is 2.40 bits per heavy atom. The van der Waals surface area contributed by atoms with Gasteiger partial charge in [-0.1, -0.05) is 0 Å². The maximum Gasteiger partial charge on any atom is 0.200 e. The molecule has 0 spiro atoms. The Bertz CT molecular complexity index is 277. The van der Waals surface area contributed by atoms with Crippen molar-refractivity contribution in [3.05, 3.63) is 4.77 Å². The van der Waals surface area contributed by atoms with Crippen LogP contribution in [0.5, 0.6) is 0 Å². The number of rotatable bonds is 0. The minimum Gasteiger partial charge on any atom is -0.393 e. The molecule has 0 fully saturated rings. The average Bonchev–Trinajstić information content (AvgIpc) is 1.82.